The fourth-order valence-corrected chi connectivity index (χ4v) is 3.12. The second-order valence-electron chi connectivity index (χ2n) is 4.33. The average Bonchev–Trinajstić information content (AvgIpc) is 2.73. The van der Waals surface area contributed by atoms with Crippen LogP contribution < -0.4 is 4.74 Å². The normalized spacial score (nSPS) is 18.2. The Bertz CT molecular complexity index is 641. The first-order chi connectivity index (χ1) is 8.73. The Labute approximate surface area is 115 Å². The molecule has 1 aliphatic heterocycles. The summed E-state index contributed by atoms with van der Waals surface area (Å²) in [7, 11) is -0.793. The van der Waals surface area contributed by atoms with Gasteiger partial charge in [-0.1, -0.05) is 11.6 Å². The van der Waals surface area contributed by atoms with Gasteiger partial charge in [-0.05, 0) is 12.1 Å². The number of ether oxygens (including phenoxy) is 1. The van der Waals surface area contributed by atoms with Gasteiger partial charge in [0, 0.05) is 26.1 Å². The molecule has 0 aliphatic carbocycles. The molecular weight excluding hydrogens is 294 g/mol. The molecule has 0 fully saturated rings. The minimum atomic E-state index is -3.61. The first-order valence-corrected chi connectivity index (χ1v) is 7.19. The van der Waals surface area contributed by atoms with Gasteiger partial charge in [0.15, 0.2) is 6.10 Å². The van der Waals surface area contributed by atoms with E-state index in [2.05, 4.69) is 0 Å². The van der Waals surface area contributed by atoms with E-state index in [1.54, 1.807) is 0 Å². The van der Waals surface area contributed by atoms with Crippen LogP contribution in [0.5, 0.6) is 5.75 Å². The third-order valence-electron chi connectivity index (χ3n) is 2.81. The SMILES string of the molecule is CN(C)S(=O)(=O)c1cc(Cl)c2c(c1)C[C@H](C(=O)O)O2. The molecule has 8 heteroatoms. The van der Waals surface area contributed by atoms with Crippen molar-refractivity contribution in [3.63, 3.8) is 0 Å². The molecule has 0 saturated heterocycles. The number of nitrogens with zero attached hydrogens (tertiary/aromatic N) is 1. The Morgan fingerprint density at radius 1 is 1.47 bits per heavy atom. The second-order valence-corrected chi connectivity index (χ2v) is 6.89. The largest absolute Gasteiger partial charge is 0.478 e. The topological polar surface area (TPSA) is 83.9 Å². The maximum atomic E-state index is 12.0. The molecule has 0 aromatic heterocycles. The summed E-state index contributed by atoms with van der Waals surface area (Å²) in [6.07, 6.45) is -0.925. The highest BCUT2D eigenvalue weighted by atomic mass is 35.5. The molecule has 2 rings (SSSR count). The van der Waals surface area contributed by atoms with Gasteiger partial charge in [-0.25, -0.2) is 17.5 Å². The number of benzene rings is 1. The van der Waals surface area contributed by atoms with Crippen LogP contribution in [0.4, 0.5) is 0 Å². The molecule has 0 unspecified atom stereocenters. The smallest absolute Gasteiger partial charge is 0.345 e. The maximum Gasteiger partial charge on any atom is 0.345 e. The average molecular weight is 306 g/mol. The molecule has 1 aromatic rings. The first kappa shape index (κ1) is 14.1. The van der Waals surface area contributed by atoms with Gasteiger partial charge in [0.05, 0.1) is 9.92 Å². The van der Waals surface area contributed by atoms with Gasteiger partial charge in [0.1, 0.15) is 5.75 Å². The third kappa shape index (κ3) is 2.41. The van der Waals surface area contributed by atoms with Gasteiger partial charge in [0.25, 0.3) is 0 Å². The first-order valence-electron chi connectivity index (χ1n) is 5.38. The molecule has 6 nitrogen and oxygen atoms in total. The Hall–Kier alpha value is -1.31. The monoisotopic (exact) mass is 305 g/mol. The molecule has 19 heavy (non-hydrogen) atoms. The molecule has 0 spiro atoms. The second kappa shape index (κ2) is 4.66. The standard InChI is InChI=1S/C11H12ClNO5S/c1-13(2)19(16,17)7-3-6-4-9(11(14)15)18-10(6)8(12)5-7/h3,5,9H,4H2,1-2H3,(H,14,15)/t9-/m1/s1. The van der Waals surface area contributed by atoms with Gasteiger partial charge in [-0.2, -0.15) is 0 Å². The molecule has 1 aromatic carbocycles. The van der Waals surface area contributed by atoms with Crippen molar-refractivity contribution >= 4 is 27.6 Å². The highest BCUT2D eigenvalue weighted by Crippen LogP contribution is 2.38. The van der Waals surface area contributed by atoms with Crippen molar-refractivity contribution in [3.05, 3.63) is 22.7 Å². The number of rotatable bonds is 3. The van der Waals surface area contributed by atoms with E-state index in [4.69, 9.17) is 21.4 Å². The van der Waals surface area contributed by atoms with Crippen LogP contribution in [0.3, 0.4) is 0 Å². The van der Waals surface area contributed by atoms with Crippen LogP contribution in [0, 0.1) is 0 Å². The van der Waals surface area contributed by atoms with Gasteiger partial charge in [-0.3, -0.25) is 0 Å². The number of carboxylic acids is 1. The molecule has 1 N–H and O–H groups in total. The van der Waals surface area contributed by atoms with E-state index in [0.29, 0.717) is 5.56 Å². The number of hydrogen-bond donors (Lipinski definition) is 1. The molecule has 0 saturated carbocycles. The summed E-state index contributed by atoms with van der Waals surface area (Å²) < 4.78 is 30.3. The summed E-state index contributed by atoms with van der Waals surface area (Å²) in [4.78, 5) is 10.9. The van der Waals surface area contributed by atoms with Crippen molar-refractivity contribution in [1.29, 1.82) is 0 Å². The minimum Gasteiger partial charge on any atom is -0.478 e. The van der Waals surface area contributed by atoms with Crippen molar-refractivity contribution < 1.29 is 23.1 Å². The van der Waals surface area contributed by atoms with Crippen LogP contribution in [-0.2, 0) is 21.2 Å². The van der Waals surface area contributed by atoms with Crippen LogP contribution in [0.2, 0.25) is 5.02 Å². The predicted octanol–water partition coefficient (Wildman–Crippen LogP) is 0.978. The lowest BCUT2D eigenvalue weighted by Crippen LogP contribution is -2.24. The number of sulfonamides is 1. The maximum absolute atomic E-state index is 12.0. The van der Waals surface area contributed by atoms with Crippen molar-refractivity contribution in [2.75, 3.05) is 14.1 Å². The quantitative estimate of drug-likeness (QED) is 0.900. The zero-order valence-electron chi connectivity index (χ0n) is 10.3. The van der Waals surface area contributed by atoms with E-state index < -0.39 is 22.1 Å². The van der Waals surface area contributed by atoms with Crippen molar-refractivity contribution in [1.82, 2.24) is 4.31 Å². The molecule has 0 radical (unpaired) electrons. The van der Waals surface area contributed by atoms with Crippen molar-refractivity contribution in [3.8, 4) is 5.75 Å². The van der Waals surface area contributed by atoms with Crippen molar-refractivity contribution in [2.45, 2.75) is 17.4 Å². The fraction of sp³-hybridized carbons (Fsp3) is 0.364. The summed E-state index contributed by atoms with van der Waals surface area (Å²) in [6.45, 7) is 0. The number of aliphatic carboxylic acids is 1. The molecule has 0 amide bonds. The van der Waals surface area contributed by atoms with Crippen molar-refractivity contribution in [2.24, 2.45) is 0 Å². The molecule has 1 atom stereocenters. The van der Waals surface area contributed by atoms with Crippen LogP contribution in [0.15, 0.2) is 17.0 Å². The zero-order valence-corrected chi connectivity index (χ0v) is 11.8. The number of carbonyl (C=O) groups is 1. The van der Waals surface area contributed by atoms with E-state index in [1.165, 1.54) is 26.2 Å². The Balaban J connectivity index is 2.49. The van der Waals surface area contributed by atoms with Gasteiger partial charge >= 0.3 is 5.97 Å². The minimum absolute atomic E-state index is 0.0240. The number of fused-ring (bicyclic) bond motifs is 1. The molecule has 0 bridgehead atoms. The zero-order chi connectivity index (χ0) is 14.4. The lowest BCUT2D eigenvalue weighted by atomic mass is 10.1. The summed E-state index contributed by atoms with van der Waals surface area (Å²) in [6, 6.07) is 2.67. The van der Waals surface area contributed by atoms with Crippen LogP contribution >= 0.6 is 11.6 Å². The van der Waals surface area contributed by atoms with Gasteiger partial charge in [-0.15, -0.1) is 0 Å². The summed E-state index contributed by atoms with van der Waals surface area (Å²) in [5.74, 6) is -0.865. The lowest BCUT2D eigenvalue weighted by molar-refractivity contribution is -0.144. The third-order valence-corrected chi connectivity index (χ3v) is 4.89. The molecular formula is C11H12ClNO5S. The Kier molecular flexibility index (Phi) is 3.46. The summed E-state index contributed by atoms with van der Waals surface area (Å²) in [5, 5.41) is 9.00. The fourth-order valence-electron chi connectivity index (χ4n) is 1.79. The lowest BCUT2D eigenvalue weighted by Gasteiger charge is -2.12. The van der Waals surface area contributed by atoms with E-state index in [-0.39, 0.29) is 22.1 Å². The van der Waals surface area contributed by atoms with Gasteiger partial charge in [0.2, 0.25) is 10.0 Å². The van der Waals surface area contributed by atoms with E-state index in [1.807, 2.05) is 0 Å². The van der Waals surface area contributed by atoms with Crippen LogP contribution in [0.25, 0.3) is 0 Å². The molecule has 1 heterocycles. The Morgan fingerprint density at radius 2 is 2.11 bits per heavy atom. The predicted molar refractivity (Wildman–Crippen MR) is 68.1 cm³/mol. The van der Waals surface area contributed by atoms with Crippen LogP contribution in [-0.4, -0.2) is 44.0 Å². The Morgan fingerprint density at radius 3 is 2.63 bits per heavy atom. The van der Waals surface area contributed by atoms with Gasteiger partial charge < -0.3 is 9.84 Å². The number of carboxylic acid groups (broad SMARTS) is 1. The number of halogens is 1. The number of hydrogen-bond acceptors (Lipinski definition) is 4. The van der Waals surface area contributed by atoms with E-state index in [9.17, 15) is 13.2 Å². The highest BCUT2D eigenvalue weighted by molar-refractivity contribution is 7.89. The van der Waals surface area contributed by atoms with E-state index in [0.717, 1.165) is 4.31 Å². The highest BCUT2D eigenvalue weighted by Gasteiger charge is 2.32. The van der Waals surface area contributed by atoms with E-state index >= 15 is 0 Å². The molecule has 1 aliphatic rings. The molecule has 104 valence electrons. The summed E-state index contributed by atoms with van der Waals surface area (Å²) in [5.41, 5.74) is 0.486. The summed E-state index contributed by atoms with van der Waals surface area (Å²) >= 11 is 5.95. The van der Waals surface area contributed by atoms with Crippen LogP contribution in [0.1, 0.15) is 5.56 Å².